The van der Waals surface area contributed by atoms with Crippen molar-refractivity contribution in [2.45, 2.75) is 32.5 Å². The molecule has 0 saturated carbocycles. The second-order valence-corrected chi connectivity index (χ2v) is 4.14. The Morgan fingerprint density at radius 3 is 2.55 bits per heavy atom. The van der Waals surface area contributed by atoms with Crippen molar-refractivity contribution in [3.05, 3.63) is 29.6 Å². The summed E-state index contributed by atoms with van der Waals surface area (Å²) in [4.78, 5) is 11.2. The van der Waals surface area contributed by atoms with E-state index in [1.165, 1.54) is 12.1 Å². The van der Waals surface area contributed by atoms with Crippen LogP contribution in [0.5, 0.6) is 5.75 Å². The maximum absolute atomic E-state index is 13.8. The zero-order chi connectivity index (χ0) is 15.1. The van der Waals surface area contributed by atoms with Gasteiger partial charge in [0.25, 0.3) is 0 Å². The molecule has 0 radical (unpaired) electrons. The summed E-state index contributed by atoms with van der Waals surface area (Å²) in [6.45, 7) is 3.97. The summed E-state index contributed by atoms with van der Waals surface area (Å²) in [6, 6.07) is 3.93. The van der Waals surface area contributed by atoms with Crippen molar-refractivity contribution >= 4 is 5.97 Å². The molecule has 0 aromatic heterocycles. The SMILES string of the molecule is CCOC(=O)CC(O)C(O)c1ccc(OCC)cc1F. The molecule has 112 valence electrons. The molecule has 1 aromatic rings. The van der Waals surface area contributed by atoms with Gasteiger partial charge in [-0.15, -0.1) is 0 Å². The average Bonchev–Trinajstić information content (AvgIpc) is 2.38. The lowest BCUT2D eigenvalue weighted by molar-refractivity contribution is -0.147. The number of carbonyl (C=O) groups excluding carboxylic acids is 1. The van der Waals surface area contributed by atoms with Crippen molar-refractivity contribution in [2.24, 2.45) is 0 Å². The predicted octanol–water partition coefficient (Wildman–Crippen LogP) is 1.57. The lowest BCUT2D eigenvalue weighted by atomic mass is 10.0. The molecule has 20 heavy (non-hydrogen) atoms. The third-order valence-electron chi connectivity index (χ3n) is 2.65. The summed E-state index contributed by atoms with van der Waals surface area (Å²) >= 11 is 0. The van der Waals surface area contributed by atoms with Crippen LogP contribution in [0.4, 0.5) is 4.39 Å². The molecule has 1 rings (SSSR count). The second-order valence-electron chi connectivity index (χ2n) is 4.14. The maximum atomic E-state index is 13.8. The highest BCUT2D eigenvalue weighted by atomic mass is 19.1. The third-order valence-corrected chi connectivity index (χ3v) is 2.65. The summed E-state index contributed by atoms with van der Waals surface area (Å²) in [7, 11) is 0. The molecule has 1 aromatic carbocycles. The van der Waals surface area contributed by atoms with Gasteiger partial charge in [0.15, 0.2) is 0 Å². The van der Waals surface area contributed by atoms with Gasteiger partial charge in [-0.05, 0) is 26.0 Å². The highest BCUT2D eigenvalue weighted by molar-refractivity contribution is 5.70. The van der Waals surface area contributed by atoms with Crippen molar-refractivity contribution in [2.75, 3.05) is 13.2 Å². The first-order valence-corrected chi connectivity index (χ1v) is 6.43. The highest BCUT2D eigenvalue weighted by Gasteiger charge is 2.24. The zero-order valence-electron chi connectivity index (χ0n) is 11.5. The molecule has 6 heteroatoms. The number of rotatable bonds is 7. The first kappa shape index (κ1) is 16.4. The minimum Gasteiger partial charge on any atom is -0.494 e. The molecule has 0 amide bonds. The van der Waals surface area contributed by atoms with E-state index in [0.29, 0.717) is 12.4 Å². The molecular weight excluding hydrogens is 267 g/mol. The first-order chi connectivity index (χ1) is 9.49. The smallest absolute Gasteiger partial charge is 0.308 e. The fraction of sp³-hybridized carbons (Fsp3) is 0.500. The van der Waals surface area contributed by atoms with E-state index in [9.17, 15) is 19.4 Å². The molecule has 5 nitrogen and oxygen atoms in total. The number of ether oxygens (including phenoxy) is 2. The van der Waals surface area contributed by atoms with Crippen LogP contribution in [0.25, 0.3) is 0 Å². The standard InChI is InChI=1S/C14H19FO5/c1-3-19-9-5-6-10(11(15)7-9)14(18)12(16)8-13(17)20-4-2/h5-7,12,14,16,18H,3-4,8H2,1-2H3. The lowest BCUT2D eigenvalue weighted by Crippen LogP contribution is -2.23. The van der Waals surface area contributed by atoms with Crippen molar-refractivity contribution in [1.82, 2.24) is 0 Å². The Morgan fingerprint density at radius 2 is 2.00 bits per heavy atom. The van der Waals surface area contributed by atoms with Gasteiger partial charge in [-0.25, -0.2) is 4.39 Å². The Balaban J connectivity index is 2.75. The predicted molar refractivity (Wildman–Crippen MR) is 69.8 cm³/mol. The van der Waals surface area contributed by atoms with Crippen LogP contribution in [0.15, 0.2) is 18.2 Å². The maximum Gasteiger partial charge on any atom is 0.308 e. The Morgan fingerprint density at radius 1 is 1.30 bits per heavy atom. The highest BCUT2D eigenvalue weighted by Crippen LogP contribution is 2.25. The van der Waals surface area contributed by atoms with Crippen LogP contribution < -0.4 is 4.74 Å². The van der Waals surface area contributed by atoms with E-state index in [-0.39, 0.29) is 12.2 Å². The number of esters is 1. The van der Waals surface area contributed by atoms with E-state index in [2.05, 4.69) is 4.74 Å². The number of benzene rings is 1. The van der Waals surface area contributed by atoms with Gasteiger partial charge in [-0.1, -0.05) is 0 Å². The lowest BCUT2D eigenvalue weighted by Gasteiger charge is -2.18. The van der Waals surface area contributed by atoms with E-state index in [1.807, 2.05) is 0 Å². The van der Waals surface area contributed by atoms with Gasteiger partial charge in [-0.2, -0.15) is 0 Å². The van der Waals surface area contributed by atoms with Crippen LogP contribution in [-0.4, -0.2) is 35.5 Å². The van der Waals surface area contributed by atoms with Crippen LogP contribution in [0.1, 0.15) is 31.9 Å². The largest absolute Gasteiger partial charge is 0.494 e. The molecule has 0 saturated heterocycles. The zero-order valence-corrected chi connectivity index (χ0v) is 11.5. The Bertz CT molecular complexity index is 449. The van der Waals surface area contributed by atoms with Crippen LogP contribution in [0, 0.1) is 5.82 Å². The van der Waals surface area contributed by atoms with E-state index in [0.717, 1.165) is 6.07 Å². The topological polar surface area (TPSA) is 76.0 Å². The van der Waals surface area contributed by atoms with Crippen molar-refractivity contribution < 1.29 is 28.9 Å². The van der Waals surface area contributed by atoms with Crippen LogP contribution in [0.2, 0.25) is 0 Å². The quantitative estimate of drug-likeness (QED) is 0.744. The molecule has 0 aliphatic rings. The van der Waals surface area contributed by atoms with E-state index in [1.54, 1.807) is 13.8 Å². The number of hydrogen-bond donors (Lipinski definition) is 2. The van der Waals surface area contributed by atoms with Crippen molar-refractivity contribution in [3.8, 4) is 5.75 Å². The monoisotopic (exact) mass is 286 g/mol. The fourth-order valence-corrected chi connectivity index (χ4v) is 1.71. The Labute approximate surface area is 116 Å². The molecule has 0 heterocycles. The molecule has 2 atom stereocenters. The molecule has 0 fully saturated rings. The van der Waals surface area contributed by atoms with Crippen LogP contribution >= 0.6 is 0 Å². The van der Waals surface area contributed by atoms with Gasteiger partial charge in [0.05, 0.1) is 25.7 Å². The van der Waals surface area contributed by atoms with E-state index in [4.69, 9.17) is 4.74 Å². The van der Waals surface area contributed by atoms with Crippen LogP contribution in [0.3, 0.4) is 0 Å². The number of carbonyl (C=O) groups is 1. The number of aliphatic hydroxyl groups is 2. The van der Waals surface area contributed by atoms with E-state index < -0.39 is 30.4 Å². The molecule has 0 aliphatic carbocycles. The second kappa shape index (κ2) is 7.81. The van der Waals surface area contributed by atoms with Gasteiger partial charge in [0.2, 0.25) is 0 Å². The summed E-state index contributed by atoms with van der Waals surface area (Å²) in [5, 5.41) is 19.6. The molecule has 0 aliphatic heterocycles. The third kappa shape index (κ3) is 4.47. The van der Waals surface area contributed by atoms with Gasteiger partial charge >= 0.3 is 5.97 Å². The Kier molecular flexibility index (Phi) is 6.41. The summed E-state index contributed by atoms with van der Waals surface area (Å²) in [6.07, 6.45) is -3.33. The van der Waals surface area contributed by atoms with Gasteiger partial charge in [0, 0.05) is 11.6 Å². The summed E-state index contributed by atoms with van der Waals surface area (Å²) in [5.41, 5.74) is -0.0924. The van der Waals surface area contributed by atoms with E-state index >= 15 is 0 Å². The molecule has 0 bridgehead atoms. The number of halogens is 1. The van der Waals surface area contributed by atoms with Crippen molar-refractivity contribution in [1.29, 1.82) is 0 Å². The molecule has 2 N–H and O–H groups in total. The van der Waals surface area contributed by atoms with Gasteiger partial charge < -0.3 is 19.7 Å². The normalized spacial score (nSPS) is 13.7. The summed E-state index contributed by atoms with van der Waals surface area (Å²) < 4.78 is 23.6. The van der Waals surface area contributed by atoms with Crippen LogP contribution in [-0.2, 0) is 9.53 Å². The molecule has 0 spiro atoms. The van der Waals surface area contributed by atoms with Gasteiger partial charge in [0.1, 0.15) is 17.7 Å². The van der Waals surface area contributed by atoms with Crippen molar-refractivity contribution in [3.63, 3.8) is 0 Å². The average molecular weight is 286 g/mol. The molecule has 2 unspecified atom stereocenters. The minimum atomic E-state index is -1.50. The number of hydrogen-bond acceptors (Lipinski definition) is 5. The first-order valence-electron chi connectivity index (χ1n) is 6.43. The Hall–Kier alpha value is -1.66. The minimum absolute atomic E-state index is 0.0924. The molecular formula is C14H19FO5. The summed E-state index contributed by atoms with van der Waals surface area (Å²) in [5.74, 6) is -1.02. The van der Waals surface area contributed by atoms with Gasteiger partial charge in [-0.3, -0.25) is 4.79 Å². The fourth-order valence-electron chi connectivity index (χ4n) is 1.71. The number of aliphatic hydroxyl groups excluding tert-OH is 2.